The maximum atomic E-state index is 12.7. The number of nitrogens with one attached hydrogen (secondary N) is 3. The zero-order valence-electron chi connectivity index (χ0n) is 24.4. The van der Waals surface area contributed by atoms with Crippen LogP contribution >= 0.6 is 57.1 Å². The predicted molar refractivity (Wildman–Crippen MR) is 193 cm³/mol. The Labute approximate surface area is 293 Å². The molecule has 5 rings (SSSR count). The first-order chi connectivity index (χ1) is 22.2. The van der Waals surface area contributed by atoms with Crippen molar-refractivity contribution >= 4 is 91.7 Å². The number of thiazole rings is 1. The highest BCUT2D eigenvalue weighted by atomic mass is 127. The lowest BCUT2D eigenvalue weighted by Crippen LogP contribution is -2.20. The fourth-order valence-corrected chi connectivity index (χ4v) is 5.93. The summed E-state index contributed by atoms with van der Waals surface area (Å²) in [5.41, 5.74) is 8.01. The van der Waals surface area contributed by atoms with Crippen LogP contribution in [0.3, 0.4) is 0 Å². The van der Waals surface area contributed by atoms with Crippen LogP contribution in [0.4, 0.5) is 16.5 Å². The van der Waals surface area contributed by atoms with Gasteiger partial charge in [-0.05, 0) is 89.7 Å². The predicted octanol–water partition coefficient (Wildman–Crippen LogP) is 8.56. The van der Waals surface area contributed by atoms with E-state index in [1.807, 2.05) is 48.7 Å². The number of amides is 2. The topological polar surface area (TPSA) is 114 Å². The van der Waals surface area contributed by atoms with E-state index < -0.39 is 0 Å². The van der Waals surface area contributed by atoms with Crippen molar-refractivity contribution in [2.75, 3.05) is 24.4 Å². The molecule has 0 unspecified atom stereocenters. The third-order valence-corrected chi connectivity index (χ3v) is 8.73. The molecule has 13 heteroatoms. The molecule has 9 nitrogen and oxygen atoms in total. The van der Waals surface area contributed by atoms with Crippen molar-refractivity contribution in [2.45, 2.75) is 6.92 Å². The molecule has 0 saturated heterocycles. The lowest BCUT2D eigenvalue weighted by molar-refractivity contribution is -0.118. The molecule has 0 atom stereocenters. The number of hydrogen-bond acceptors (Lipinski definition) is 8. The highest BCUT2D eigenvalue weighted by Crippen LogP contribution is 2.34. The summed E-state index contributed by atoms with van der Waals surface area (Å²) in [6.45, 7) is 1.78. The first kappa shape index (κ1) is 33.2. The van der Waals surface area contributed by atoms with Gasteiger partial charge in [0.05, 0.1) is 32.6 Å². The minimum atomic E-state index is -0.385. The van der Waals surface area contributed by atoms with Crippen LogP contribution in [0.15, 0.2) is 89.3 Å². The maximum absolute atomic E-state index is 12.7. The summed E-state index contributed by atoms with van der Waals surface area (Å²) in [6, 6.07) is 23.5. The molecule has 234 valence electrons. The summed E-state index contributed by atoms with van der Waals surface area (Å²) in [5, 5.41) is 13.6. The van der Waals surface area contributed by atoms with Gasteiger partial charge in [-0.1, -0.05) is 53.0 Å². The lowest BCUT2D eigenvalue weighted by atomic mass is 10.1. The van der Waals surface area contributed by atoms with E-state index in [2.05, 4.69) is 48.7 Å². The number of carbonyl (C=O) groups excluding carboxylic acids is 2. The largest absolute Gasteiger partial charge is 0.493 e. The summed E-state index contributed by atoms with van der Waals surface area (Å²) in [6.07, 6.45) is 1.50. The third kappa shape index (κ3) is 8.75. The Kier molecular flexibility index (Phi) is 11.1. The van der Waals surface area contributed by atoms with Crippen molar-refractivity contribution in [3.8, 4) is 22.8 Å². The number of nitrogens with zero attached hydrogens (tertiary/aromatic N) is 2. The van der Waals surface area contributed by atoms with Crippen molar-refractivity contribution in [1.29, 1.82) is 0 Å². The number of hydrazone groups is 1. The normalized spacial score (nSPS) is 10.9. The summed E-state index contributed by atoms with van der Waals surface area (Å²) >= 11 is 15.5. The Morgan fingerprint density at radius 1 is 0.978 bits per heavy atom. The van der Waals surface area contributed by atoms with Gasteiger partial charge in [0.15, 0.2) is 23.2 Å². The molecule has 5 aromatic rings. The van der Waals surface area contributed by atoms with Gasteiger partial charge in [0.2, 0.25) is 0 Å². The maximum Gasteiger partial charge on any atom is 0.271 e. The molecule has 0 aliphatic heterocycles. The molecule has 3 N–H and O–H groups in total. The molecule has 1 aromatic heterocycles. The lowest BCUT2D eigenvalue weighted by Gasteiger charge is -2.13. The SMILES string of the molecule is COc1cc(/C=N/NC(=O)c2ccc(-c3csc(Nc4ccc(C)cc4)n3)cc2)cc(I)c1OCC(=O)Nc1ccc(Cl)c(Cl)c1. The number of rotatable bonds is 11. The third-order valence-electron chi connectivity index (χ3n) is 6.43. The first-order valence-electron chi connectivity index (χ1n) is 13.7. The molecule has 0 aliphatic rings. The average molecular weight is 786 g/mol. The number of benzene rings is 4. The summed E-state index contributed by atoms with van der Waals surface area (Å²) < 4.78 is 11.9. The molecule has 46 heavy (non-hydrogen) atoms. The summed E-state index contributed by atoms with van der Waals surface area (Å²) in [4.78, 5) is 29.8. The quantitative estimate of drug-likeness (QED) is 0.0703. The van der Waals surface area contributed by atoms with Crippen molar-refractivity contribution in [2.24, 2.45) is 5.10 Å². The second kappa shape index (κ2) is 15.4. The number of aryl methyl sites for hydroxylation is 1. The Bertz CT molecular complexity index is 1900. The van der Waals surface area contributed by atoms with Crippen molar-refractivity contribution in [3.05, 3.63) is 115 Å². The van der Waals surface area contributed by atoms with Gasteiger partial charge >= 0.3 is 0 Å². The molecule has 1 heterocycles. The van der Waals surface area contributed by atoms with E-state index in [0.717, 1.165) is 22.1 Å². The standard InChI is InChI=1S/C33H26Cl2IN5O4S/c1-19-3-9-23(10-4-19)39-33-40-28(18-46-33)21-5-7-22(8-6-21)32(43)41-37-16-20-13-27(36)31(29(14-20)44-2)45-17-30(42)38-24-11-12-25(34)26(35)15-24/h3-16,18H,17H2,1-2H3,(H,38,42)(H,39,40)(H,41,43)/b37-16+. The van der Waals surface area contributed by atoms with Gasteiger partial charge in [-0.15, -0.1) is 11.3 Å². The van der Waals surface area contributed by atoms with Gasteiger partial charge < -0.3 is 20.1 Å². The minimum Gasteiger partial charge on any atom is -0.493 e. The van der Waals surface area contributed by atoms with Crippen LogP contribution in [-0.4, -0.2) is 36.7 Å². The number of halogens is 3. The molecule has 0 saturated carbocycles. The zero-order valence-corrected chi connectivity index (χ0v) is 28.9. The van der Waals surface area contributed by atoms with Crippen LogP contribution in [0.5, 0.6) is 11.5 Å². The van der Waals surface area contributed by atoms with Crippen LogP contribution in [0, 0.1) is 10.5 Å². The van der Waals surface area contributed by atoms with E-state index in [1.54, 1.807) is 42.5 Å². The number of ether oxygens (including phenoxy) is 2. The number of carbonyl (C=O) groups is 2. The van der Waals surface area contributed by atoms with Gasteiger partial charge in [0.1, 0.15) is 0 Å². The second-order valence-electron chi connectivity index (χ2n) is 9.81. The Hall–Kier alpha value is -4.17. The monoisotopic (exact) mass is 785 g/mol. The first-order valence-corrected chi connectivity index (χ1v) is 16.4. The Balaban J connectivity index is 1.15. The van der Waals surface area contributed by atoms with Crippen LogP contribution < -0.4 is 25.5 Å². The van der Waals surface area contributed by atoms with Gasteiger partial charge in [0.25, 0.3) is 11.8 Å². The van der Waals surface area contributed by atoms with Gasteiger partial charge in [0, 0.05) is 27.9 Å². The van der Waals surface area contributed by atoms with Crippen LogP contribution in [0.25, 0.3) is 11.3 Å². The number of aromatic nitrogens is 1. The molecule has 0 bridgehead atoms. The number of hydrogen-bond donors (Lipinski definition) is 3. The molecule has 4 aromatic carbocycles. The fraction of sp³-hybridized carbons (Fsp3) is 0.0909. The number of methoxy groups -OCH3 is 1. The number of anilines is 3. The van der Waals surface area contributed by atoms with Crippen LogP contribution in [0.1, 0.15) is 21.5 Å². The fourth-order valence-electron chi connectivity index (χ4n) is 4.11. The molecular formula is C33H26Cl2IN5O4S. The van der Waals surface area contributed by atoms with Crippen molar-refractivity contribution in [3.63, 3.8) is 0 Å². The smallest absolute Gasteiger partial charge is 0.271 e. The average Bonchev–Trinajstić information content (AvgIpc) is 3.51. The summed E-state index contributed by atoms with van der Waals surface area (Å²) in [7, 11) is 1.49. The molecule has 0 spiro atoms. The van der Waals surface area contributed by atoms with Crippen LogP contribution in [-0.2, 0) is 4.79 Å². The van der Waals surface area contributed by atoms with E-state index >= 15 is 0 Å². The summed E-state index contributed by atoms with van der Waals surface area (Å²) in [5.74, 6) is 0.0465. The van der Waals surface area contributed by atoms with E-state index in [-0.39, 0.29) is 18.4 Å². The van der Waals surface area contributed by atoms with E-state index in [9.17, 15) is 9.59 Å². The minimum absolute atomic E-state index is 0.261. The van der Waals surface area contributed by atoms with Crippen molar-refractivity contribution < 1.29 is 19.1 Å². The molecule has 2 amide bonds. The van der Waals surface area contributed by atoms with E-state index in [4.69, 9.17) is 32.7 Å². The van der Waals surface area contributed by atoms with Crippen LogP contribution in [0.2, 0.25) is 10.0 Å². The molecule has 0 fully saturated rings. The van der Waals surface area contributed by atoms with E-state index in [1.165, 1.54) is 30.2 Å². The highest BCUT2D eigenvalue weighted by Gasteiger charge is 2.14. The van der Waals surface area contributed by atoms with Gasteiger partial charge in [-0.3, -0.25) is 9.59 Å². The zero-order chi connectivity index (χ0) is 32.6. The molecular weight excluding hydrogens is 760 g/mol. The second-order valence-corrected chi connectivity index (χ2v) is 12.6. The molecule has 0 aliphatic carbocycles. The molecule has 0 radical (unpaired) electrons. The van der Waals surface area contributed by atoms with Gasteiger partial charge in [-0.2, -0.15) is 5.10 Å². The Morgan fingerprint density at radius 3 is 2.43 bits per heavy atom. The van der Waals surface area contributed by atoms with E-state index in [0.29, 0.717) is 41.9 Å². The Morgan fingerprint density at radius 2 is 1.72 bits per heavy atom. The van der Waals surface area contributed by atoms with Crippen molar-refractivity contribution in [1.82, 2.24) is 10.4 Å². The highest BCUT2D eigenvalue weighted by molar-refractivity contribution is 14.1. The van der Waals surface area contributed by atoms with Gasteiger partial charge in [-0.25, -0.2) is 10.4 Å².